The van der Waals surface area contributed by atoms with Gasteiger partial charge in [0, 0.05) is 6.42 Å². The fraction of sp³-hybridized carbons (Fsp3) is 0.417. The zero-order valence-corrected chi connectivity index (χ0v) is 9.70. The van der Waals surface area contributed by atoms with Crippen LogP contribution in [0.4, 0.5) is 13.2 Å². The third-order valence-corrected chi connectivity index (χ3v) is 2.61. The molecule has 0 fully saturated rings. The molecule has 1 aromatic rings. The molecule has 6 heteroatoms. The van der Waals surface area contributed by atoms with Gasteiger partial charge in [0.1, 0.15) is 11.9 Å². The third kappa shape index (κ3) is 3.15. The molecule has 18 heavy (non-hydrogen) atoms. The summed E-state index contributed by atoms with van der Waals surface area (Å²) in [4.78, 5) is 5.16. The van der Waals surface area contributed by atoms with E-state index in [2.05, 4.69) is 9.89 Å². The van der Waals surface area contributed by atoms with Crippen molar-refractivity contribution in [1.29, 1.82) is 0 Å². The van der Waals surface area contributed by atoms with Crippen molar-refractivity contribution in [3.05, 3.63) is 29.8 Å². The van der Waals surface area contributed by atoms with E-state index in [1.165, 1.54) is 12.1 Å². The molecular weight excluding hydrogens is 247 g/mol. The Hall–Kier alpha value is -1.72. The molecule has 1 aliphatic heterocycles. The van der Waals surface area contributed by atoms with E-state index in [1.54, 1.807) is 12.1 Å². The molecule has 0 radical (unpaired) electrons. The summed E-state index contributed by atoms with van der Waals surface area (Å²) in [7, 11) is 0. The van der Waals surface area contributed by atoms with Gasteiger partial charge in [-0.3, -0.25) is 0 Å². The van der Waals surface area contributed by atoms with E-state index >= 15 is 0 Å². The van der Waals surface area contributed by atoms with Crippen LogP contribution in [0.1, 0.15) is 25.3 Å². The number of benzene rings is 1. The first-order valence-electron chi connectivity index (χ1n) is 5.57. The fourth-order valence-electron chi connectivity index (χ4n) is 1.67. The highest BCUT2D eigenvalue weighted by atomic mass is 19.4. The Labute approximate surface area is 102 Å². The third-order valence-electron chi connectivity index (χ3n) is 2.61. The van der Waals surface area contributed by atoms with Crippen LogP contribution in [0.2, 0.25) is 0 Å². The molecule has 1 aliphatic rings. The first-order chi connectivity index (χ1) is 8.48. The van der Waals surface area contributed by atoms with E-state index in [0.717, 1.165) is 17.7 Å². The number of hydrogen-bond donors (Lipinski definition) is 0. The van der Waals surface area contributed by atoms with Gasteiger partial charge in [-0.05, 0) is 36.2 Å². The van der Waals surface area contributed by atoms with Gasteiger partial charge in [-0.2, -0.15) is 0 Å². The lowest BCUT2D eigenvalue weighted by Gasteiger charge is -2.09. The highest BCUT2D eigenvalue weighted by Gasteiger charge is 2.31. The molecule has 0 N–H and O–H groups in total. The molecule has 0 aliphatic carbocycles. The monoisotopic (exact) mass is 259 g/mol. The molecule has 1 unspecified atom stereocenters. The van der Waals surface area contributed by atoms with Crippen LogP contribution in [0.5, 0.6) is 5.75 Å². The van der Waals surface area contributed by atoms with Crippen molar-refractivity contribution in [3.8, 4) is 5.75 Å². The van der Waals surface area contributed by atoms with Crippen LogP contribution in [0.25, 0.3) is 0 Å². The van der Waals surface area contributed by atoms with Crippen LogP contribution in [-0.4, -0.2) is 18.2 Å². The van der Waals surface area contributed by atoms with Gasteiger partial charge in [-0.15, -0.1) is 13.2 Å². The Balaban J connectivity index is 2.05. The fourth-order valence-corrected chi connectivity index (χ4v) is 1.67. The number of rotatable bonds is 3. The second-order valence-corrected chi connectivity index (χ2v) is 3.95. The second kappa shape index (κ2) is 4.88. The lowest BCUT2D eigenvalue weighted by atomic mass is 10.0. The lowest BCUT2D eigenvalue weighted by Crippen LogP contribution is -2.17. The number of alkyl halides is 3. The van der Waals surface area contributed by atoms with Crippen molar-refractivity contribution >= 4 is 5.71 Å². The van der Waals surface area contributed by atoms with Crippen LogP contribution in [0.3, 0.4) is 0 Å². The van der Waals surface area contributed by atoms with E-state index < -0.39 is 6.36 Å². The van der Waals surface area contributed by atoms with Crippen molar-refractivity contribution in [3.63, 3.8) is 0 Å². The standard InChI is InChI=1S/C12H12F3NO2/c1-2-9-7-11(16-18-9)8-3-5-10(6-4-8)17-12(13,14)15/h3-6,9H,2,7H2,1H3. The minimum atomic E-state index is -4.66. The maximum absolute atomic E-state index is 12.0. The maximum Gasteiger partial charge on any atom is 0.573 e. The zero-order valence-electron chi connectivity index (χ0n) is 9.70. The predicted molar refractivity (Wildman–Crippen MR) is 59.4 cm³/mol. The summed E-state index contributed by atoms with van der Waals surface area (Å²) in [5, 5.41) is 3.92. The van der Waals surface area contributed by atoms with Crippen molar-refractivity contribution in [1.82, 2.24) is 0 Å². The highest BCUT2D eigenvalue weighted by molar-refractivity contribution is 6.01. The number of oxime groups is 1. The molecule has 1 heterocycles. The molecule has 0 aromatic heterocycles. The molecule has 1 atom stereocenters. The summed E-state index contributed by atoms with van der Waals surface area (Å²) in [5.74, 6) is -0.238. The highest BCUT2D eigenvalue weighted by Crippen LogP contribution is 2.24. The van der Waals surface area contributed by atoms with Gasteiger partial charge in [-0.1, -0.05) is 12.1 Å². The Morgan fingerprint density at radius 1 is 1.33 bits per heavy atom. The van der Waals surface area contributed by atoms with Gasteiger partial charge in [0.2, 0.25) is 0 Å². The van der Waals surface area contributed by atoms with Crippen molar-refractivity contribution in [2.24, 2.45) is 5.16 Å². The number of halogens is 3. The van der Waals surface area contributed by atoms with E-state index in [4.69, 9.17) is 4.84 Å². The predicted octanol–water partition coefficient (Wildman–Crippen LogP) is 3.49. The van der Waals surface area contributed by atoms with Crippen LogP contribution < -0.4 is 4.74 Å². The Bertz CT molecular complexity index is 440. The number of nitrogens with zero attached hydrogens (tertiary/aromatic N) is 1. The summed E-state index contributed by atoms with van der Waals surface area (Å²) < 4.78 is 39.7. The van der Waals surface area contributed by atoms with Gasteiger partial charge in [-0.25, -0.2) is 0 Å². The van der Waals surface area contributed by atoms with E-state index in [9.17, 15) is 13.2 Å². The summed E-state index contributed by atoms with van der Waals surface area (Å²) in [5.41, 5.74) is 1.50. The quantitative estimate of drug-likeness (QED) is 0.831. The zero-order chi connectivity index (χ0) is 13.2. The summed E-state index contributed by atoms with van der Waals surface area (Å²) in [6, 6.07) is 5.62. The minimum Gasteiger partial charge on any atom is -0.406 e. The van der Waals surface area contributed by atoms with Crippen molar-refractivity contribution in [2.45, 2.75) is 32.2 Å². The first-order valence-corrected chi connectivity index (χ1v) is 5.57. The van der Waals surface area contributed by atoms with Gasteiger partial charge in [0.25, 0.3) is 0 Å². The molecule has 0 saturated heterocycles. The Morgan fingerprint density at radius 3 is 2.50 bits per heavy atom. The van der Waals surface area contributed by atoms with Crippen LogP contribution in [0, 0.1) is 0 Å². The second-order valence-electron chi connectivity index (χ2n) is 3.95. The molecule has 98 valence electrons. The van der Waals surface area contributed by atoms with Crippen LogP contribution in [-0.2, 0) is 4.84 Å². The van der Waals surface area contributed by atoms with Gasteiger partial charge in [0.05, 0.1) is 5.71 Å². The van der Waals surface area contributed by atoms with E-state index in [1.807, 2.05) is 6.92 Å². The smallest absolute Gasteiger partial charge is 0.406 e. The Morgan fingerprint density at radius 2 is 2.00 bits per heavy atom. The molecule has 3 nitrogen and oxygen atoms in total. The van der Waals surface area contributed by atoms with Crippen LogP contribution in [0.15, 0.2) is 29.4 Å². The lowest BCUT2D eigenvalue weighted by molar-refractivity contribution is -0.274. The molecule has 2 rings (SSSR count). The number of hydrogen-bond acceptors (Lipinski definition) is 3. The van der Waals surface area contributed by atoms with Crippen LogP contribution >= 0.6 is 0 Å². The minimum absolute atomic E-state index is 0.0612. The van der Waals surface area contributed by atoms with Crippen molar-refractivity contribution < 1.29 is 22.7 Å². The Kier molecular flexibility index (Phi) is 3.45. The number of ether oxygens (including phenoxy) is 1. The largest absolute Gasteiger partial charge is 0.573 e. The summed E-state index contributed by atoms with van der Waals surface area (Å²) >= 11 is 0. The molecule has 0 saturated carbocycles. The van der Waals surface area contributed by atoms with Gasteiger partial charge >= 0.3 is 6.36 Å². The molecule has 0 amide bonds. The average Bonchev–Trinajstić information content (AvgIpc) is 2.76. The first kappa shape index (κ1) is 12.7. The molecule has 0 spiro atoms. The molecular formula is C12H12F3NO2. The molecule has 0 bridgehead atoms. The summed E-state index contributed by atoms with van der Waals surface area (Å²) in [6.45, 7) is 1.99. The normalized spacial score (nSPS) is 19.3. The van der Waals surface area contributed by atoms with E-state index in [0.29, 0.717) is 6.42 Å². The summed E-state index contributed by atoms with van der Waals surface area (Å²) in [6.07, 6.45) is -3.08. The van der Waals surface area contributed by atoms with Gasteiger partial charge < -0.3 is 9.57 Å². The SMILES string of the molecule is CCC1CC(c2ccc(OC(F)(F)F)cc2)=NO1. The van der Waals surface area contributed by atoms with Crippen molar-refractivity contribution in [2.75, 3.05) is 0 Å². The van der Waals surface area contributed by atoms with Gasteiger partial charge in [0.15, 0.2) is 0 Å². The maximum atomic E-state index is 12.0. The van der Waals surface area contributed by atoms with E-state index in [-0.39, 0.29) is 11.9 Å². The topological polar surface area (TPSA) is 30.8 Å². The molecule has 1 aromatic carbocycles. The average molecular weight is 259 g/mol.